The van der Waals surface area contributed by atoms with Crippen LogP contribution >= 0.6 is 0 Å². The van der Waals surface area contributed by atoms with E-state index in [1.165, 1.54) is 12.0 Å². The van der Waals surface area contributed by atoms with Gasteiger partial charge in [0.05, 0.1) is 24.9 Å². The van der Waals surface area contributed by atoms with Crippen molar-refractivity contribution in [1.29, 1.82) is 0 Å². The first kappa shape index (κ1) is 19.3. The molecule has 7 nitrogen and oxygen atoms in total. The number of anilines is 1. The second kappa shape index (κ2) is 8.53. The van der Waals surface area contributed by atoms with Crippen molar-refractivity contribution in [3.8, 4) is 11.5 Å². The van der Waals surface area contributed by atoms with Gasteiger partial charge in [-0.05, 0) is 30.3 Å². The van der Waals surface area contributed by atoms with Gasteiger partial charge in [0, 0.05) is 18.4 Å². The van der Waals surface area contributed by atoms with Gasteiger partial charge >= 0.3 is 5.97 Å². The number of hydrogen-bond donors (Lipinski definition) is 2. The maximum atomic E-state index is 12.7. The fraction of sp³-hybridized carbons (Fsp3) is 0.364. The summed E-state index contributed by atoms with van der Waals surface area (Å²) in [7, 11) is 1.33. The summed E-state index contributed by atoms with van der Waals surface area (Å²) in [4.78, 5) is 25.8. The van der Waals surface area contributed by atoms with E-state index in [0.717, 1.165) is 36.4 Å². The summed E-state index contributed by atoms with van der Waals surface area (Å²) in [6.07, 6.45) is 2.07. The molecule has 4 rings (SSSR count). The van der Waals surface area contributed by atoms with Crippen LogP contribution < -0.4 is 19.7 Å². The van der Waals surface area contributed by atoms with Crippen molar-refractivity contribution in [2.24, 2.45) is 0 Å². The molecule has 1 fully saturated rings. The zero-order valence-corrected chi connectivity index (χ0v) is 16.4. The minimum Gasteiger partial charge on any atom is -0.486 e. The van der Waals surface area contributed by atoms with Gasteiger partial charge in [-0.1, -0.05) is 12.1 Å². The summed E-state index contributed by atoms with van der Waals surface area (Å²) < 4.78 is 16.1. The number of benzene rings is 2. The van der Waals surface area contributed by atoms with Gasteiger partial charge in [-0.2, -0.15) is 0 Å². The Morgan fingerprint density at radius 3 is 2.76 bits per heavy atom. The van der Waals surface area contributed by atoms with Crippen LogP contribution in [0.15, 0.2) is 42.5 Å². The molecule has 2 aliphatic rings. The van der Waals surface area contributed by atoms with Crippen LogP contribution in [0.25, 0.3) is 0 Å². The van der Waals surface area contributed by atoms with Gasteiger partial charge in [-0.15, -0.1) is 0 Å². The standard InChI is InChI=1S/C22H24N2O5/c1-27-22(26)16-5-2-3-6-17(16)23-21(25)14-24-10-4-7-18(24)15-8-9-19-20(13-15)29-12-11-28-19/h2-3,5-6,8-9,13,18H,4,7,10-12,14H2,1H3,(H,23,25)/p+1/t18-/m1/s1. The molecule has 1 amide bonds. The molecule has 2 heterocycles. The average Bonchev–Trinajstić information content (AvgIpc) is 3.21. The number of nitrogens with one attached hydrogen (secondary N) is 2. The summed E-state index contributed by atoms with van der Waals surface area (Å²) in [5, 5.41) is 2.87. The van der Waals surface area contributed by atoms with Crippen LogP contribution in [-0.2, 0) is 9.53 Å². The van der Waals surface area contributed by atoms with E-state index in [1.807, 2.05) is 12.1 Å². The number of methoxy groups -OCH3 is 1. The molecule has 0 spiro atoms. The van der Waals surface area contributed by atoms with Crippen molar-refractivity contribution in [1.82, 2.24) is 0 Å². The lowest BCUT2D eigenvalue weighted by Crippen LogP contribution is -3.11. The highest BCUT2D eigenvalue weighted by Crippen LogP contribution is 2.33. The average molecular weight is 397 g/mol. The number of carbonyl (C=O) groups is 2. The smallest absolute Gasteiger partial charge is 0.339 e. The van der Waals surface area contributed by atoms with Crippen molar-refractivity contribution in [2.75, 3.05) is 38.7 Å². The number of para-hydroxylation sites is 1. The Hall–Kier alpha value is -3.06. The van der Waals surface area contributed by atoms with E-state index in [4.69, 9.17) is 14.2 Å². The SMILES string of the molecule is COC(=O)c1ccccc1NC(=O)C[NH+]1CCC[C@@H]1c1ccc2c(c1)OCCO2. The predicted octanol–water partition coefficient (Wildman–Crippen LogP) is 1.60. The van der Waals surface area contributed by atoms with E-state index in [1.54, 1.807) is 24.3 Å². The van der Waals surface area contributed by atoms with Gasteiger partial charge in [-0.3, -0.25) is 4.79 Å². The Morgan fingerprint density at radius 2 is 1.93 bits per heavy atom. The van der Waals surface area contributed by atoms with Gasteiger partial charge in [0.1, 0.15) is 19.3 Å². The maximum Gasteiger partial charge on any atom is 0.339 e. The largest absolute Gasteiger partial charge is 0.486 e. The zero-order chi connectivity index (χ0) is 20.2. The molecule has 1 unspecified atom stereocenters. The summed E-state index contributed by atoms with van der Waals surface area (Å²) in [6, 6.07) is 13.2. The first-order valence-corrected chi connectivity index (χ1v) is 9.87. The quantitative estimate of drug-likeness (QED) is 0.750. The molecule has 152 valence electrons. The summed E-state index contributed by atoms with van der Waals surface area (Å²) in [5.74, 6) is 0.956. The maximum absolute atomic E-state index is 12.7. The van der Waals surface area contributed by atoms with Crippen molar-refractivity contribution in [2.45, 2.75) is 18.9 Å². The van der Waals surface area contributed by atoms with Gasteiger partial charge < -0.3 is 24.4 Å². The molecule has 1 saturated heterocycles. The molecule has 29 heavy (non-hydrogen) atoms. The molecule has 7 heteroatoms. The Labute approximate surface area is 169 Å². The number of quaternary nitrogens is 1. The number of fused-ring (bicyclic) bond motifs is 1. The molecular formula is C22H25N2O5+. The van der Waals surface area contributed by atoms with Crippen LogP contribution in [0.3, 0.4) is 0 Å². The summed E-state index contributed by atoms with van der Waals surface area (Å²) >= 11 is 0. The minimum atomic E-state index is -0.469. The van der Waals surface area contributed by atoms with Crippen molar-refractivity contribution in [3.05, 3.63) is 53.6 Å². The minimum absolute atomic E-state index is 0.124. The number of amides is 1. The van der Waals surface area contributed by atoms with Crippen molar-refractivity contribution in [3.63, 3.8) is 0 Å². The molecule has 2 aromatic carbocycles. The number of carbonyl (C=O) groups excluding carboxylic acids is 2. The Morgan fingerprint density at radius 1 is 1.14 bits per heavy atom. The number of rotatable bonds is 5. The highest BCUT2D eigenvalue weighted by atomic mass is 16.6. The van der Waals surface area contributed by atoms with E-state index in [9.17, 15) is 9.59 Å². The highest BCUT2D eigenvalue weighted by molar-refractivity contribution is 6.01. The van der Waals surface area contributed by atoms with E-state index in [2.05, 4.69) is 11.4 Å². The van der Waals surface area contributed by atoms with E-state index < -0.39 is 5.97 Å². The Kier molecular flexibility index (Phi) is 5.67. The number of hydrogen-bond acceptors (Lipinski definition) is 5. The Bertz CT molecular complexity index is 914. The third kappa shape index (κ3) is 4.19. The van der Waals surface area contributed by atoms with Gasteiger partial charge in [0.25, 0.3) is 5.91 Å². The lowest BCUT2D eigenvalue weighted by molar-refractivity contribution is -0.910. The van der Waals surface area contributed by atoms with E-state index in [-0.39, 0.29) is 11.9 Å². The fourth-order valence-corrected chi connectivity index (χ4v) is 4.08. The molecule has 0 bridgehead atoms. The van der Waals surface area contributed by atoms with Crippen LogP contribution in [0.4, 0.5) is 5.69 Å². The van der Waals surface area contributed by atoms with E-state index in [0.29, 0.717) is 31.0 Å². The molecular weight excluding hydrogens is 372 g/mol. The molecule has 2 atom stereocenters. The monoisotopic (exact) mass is 397 g/mol. The van der Waals surface area contributed by atoms with Crippen molar-refractivity contribution < 1.29 is 28.7 Å². The van der Waals surface area contributed by atoms with Crippen LogP contribution in [0.1, 0.15) is 34.8 Å². The summed E-state index contributed by atoms with van der Waals surface area (Å²) in [6.45, 7) is 2.37. The van der Waals surface area contributed by atoms with Crippen LogP contribution in [0.2, 0.25) is 0 Å². The normalized spacial score (nSPS) is 20.2. The summed E-state index contributed by atoms with van der Waals surface area (Å²) in [5.41, 5.74) is 1.98. The van der Waals surface area contributed by atoms with Crippen molar-refractivity contribution >= 4 is 17.6 Å². The zero-order valence-electron chi connectivity index (χ0n) is 16.4. The second-order valence-electron chi connectivity index (χ2n) is 7.27. The van der Waals surface area contributed by atoms with E-state index >= 15 is 0 Å². The molecule has 0 saturated carbocycles. The van der Waals surface area contributed by atoms with Gasteiger partial charge in [0.2, 0.25) is 0 Å². The fourth-order valence-electron chi connectivity index (χ4n) is 4.08. The first-order valence-electron chi connectivity index (χ1n) is 9.87. The predicted molar refractivity (Wildman–Crippen MR) is 107 cm³/mol. The molecule has 0 radical (unpaired) electrons. The lowest BCUT2D eigenvalue weighted by Gasteiger charge is -2.24. The number of likely N-dealkylation sites (tertiary alicyclic amines) is 1. The number of ether oxygens (including phenoxy) is 3. The lowest BCUT2D eigenvalue weighted by atomic mass is 10.0. The third-order valence-electron chi connectivity index (χ3n) is 5.45. The number of esters is 1. The van der Waals surface area contributed by atoms with Crippen LogP contribution in [0, 0.1) is 0 Å². The van der Waals surface area contributed by atoms with Gasteiger partial charge in [-0.25, -0.2) is 4.79 Å². The third-order valence-corrected chi connectivity index (χ3v) is 5.45. The molecule has 2 N–H and O–H groups in total. The molecule has 2 aromatic rings. The molecule has 0 aliphatic carbocycles. The molecule has 2 aliphatic heterocycles. The Balaban J connectivity index is 1.45. The topological polar surface area (TPSA) is 78.3 Å². The molecule has 0 aromatic heterocycles. The first-order chi connectivity index (χ1) is 14.2. The second-order valence-corrected chi connectivity index (χ2v) is 7.27. The highest BCUT2D eigenvalue weighted by Gasteiger charge is 2.32. The van der Waals surface area contributed by atoms with Crippen LogP contribution in [-0.4, -0.2) is 45.3 Å². The van der Waals surface area contributed by atoms with Crippen LogP contribution in [0.5, 0.6) is 11.5 Å². The van der Waals surface area contributed by atoms with Gasteiger partial charge in [0.15, 0.2) is 18.0 Å².